The molecule has 3 aromatic rings. The monoisotopic (exact) mass is 422 g/mol. The van der Waals surface area contributed by atoms with E-state index in [2.05, 4.69) is 46.8 Å². The van der Waals surface area contributed by atoms with E-state index in [1.54, 1.807) is 0 Å². The molecule has 4 rings (SSSR count). The van der Waals surface area contributed by atoms with Crippen LogP contribution in [0.2, 0.25) is 0 Å². The van der Waals surface area contributed by atoms with Crippen molar-refractivity contribution >= 4 is 5.91 Å². The first-order valence-electron chi connectivity index (χ1n) is 10.8. The van der Waals surface area contributed by atoms with Crippen molar-refractivity contribution in [2.24, 2.45) is 0 Å². The fourth-order valence-electron chi connectivity index (χ4n) is 4.38. The van der Waals surface area contributed by atoms with Gasteiger partial charge in [-0.1, -0.05) is 35.0 Å². The summed E-state index contributed by atoms with van der Waals surface area (Å²) in [7, 11) is 0. The van der Waals surface area contributed by atoms with Gasteiger partial charge in [0.05, 0.1) is 12.2 Å². The van der Waals surface area contributed by atoms with Crippen LogP contribution < -0.4 is 5.32 Å². The SMILES string of the molecule is Cc1cccc(C2(CNC(=O)c3noc(C)c3Cn3nc(C)cc3C)CCOCC2)c1. The highest BCUT2D eigenvalue weighted by Crippen LogP contribution is 2.35. The molecule has 3 heterocycles. The Labute approximate surface area is 182 Å². The number of ether oxygens (including phenoxy) is 1. The van der Waals surface area contributed by atoms with E-state index in [0.717, 1.165) is 29.8 Å². The van der Waals surface area contributed by atoms with Crippen molar-refractivity contribution in [1.29, 1.82) is 0 Å². The van der Waals surface area contributed by atoms with E-state index in [4.69, 9.17) is 9.26 Å². The van der Waals surface area contributed by atoms with Crippen LogP contribution in [0.1, 0.15) is 57.2 Å². The third-order valence-electron chi connectivity index (χ3n) is 6.28. The van der Waals surface area contributed by atoms with Gasteiger partial charge in [-0.25, -0.2) is 0 Å². The predicted molar refractivity (Wildman–Crippen MR) is 117 cm³/mol. The lowest BCUT2D eigenvalue weighted by Gasteiger charge is -2.38. The van der Waals surface area contributed by atoms with Crippen molar-refractivity contribution in [2.45, 2.75) is 52.5 Å². The van der Waals surface area contributed by atoms with Gasteiger partial charge in [-0.2, -0.15) is 5.10 Å². The molecule has 1 amide bonds. The van der Waals surface area contributed by atoms with Crippen LogP contribution in [0.15, 0.2) is 34.9 Å². The van der Waals surface area contributed by atoms with Crippen molar-refractivity contribution in [2.75, 3.05) is 19.8 Å². The third kappa shape index (κ3) is 4.42. The number of rotatable bonds is 6. The second kappa shape index (κ2) is 8.67. The molecule has 0 atom stereocenters. The Balaban J connectivity index is 1.54. The molecule has 1 saturated heterocycles. The maximum Gasteiger partial charge on any atom is 0.273 e. The number of carbonyl (C=O) groups is 1. The number of nitrogens with one attached hydrogen (secondary N) is 1. The second-order valence-electron chi connectivity index (χ2n) is 8.60. The molecule has 0 bridgehead atoms. The van der Waals surface area contributed by atoms with E-state index in [9.17, 15) is 4.79 Å². The molecule has 31 heavy (non-hydrogen) atoms. The molecule has 1 fully saturated rings. The lowest BCUT2D eigenvalue weighted by atomic mass is 9.73. The van der Waals surface area contributed by atoms with E-state index in [-0.39, 0.29) is 11.3 Å². The van der Waals surface area contributed by atoms with Gasteiger partial charge in [-0.05, 0) is 52.2 Å². The molecule has 1 aliphatic heterocycles. The summed E-state index contributed by atoms with van der Waals surface area (Å²) < 4.78 is 12.9. The van der Waals surface area contributed by atoms with Gasteiger partial charge in [0.15, 0.2) is 5.69 Å². The summed E-state index contributed by atoms with van der Waals surface area (Å²) in [6, 6.07) is 10.6. The van der Waals surface area contributed by atoms with Gasteiger partial charge in [-0.3, -0.25) is 9.48 Å². The first kappa shape index (κ1) is 21.3. The van der Waals surface area contributed by atoms with E-state index in [0.29, 0.717) is 37.8 Å². The lowest BCUT2D eigenvalue weighted by Crippen LogP contribution is -2.44. The van der Waals surface area contributed by atoms with Crippen LogP contribution in [0.3, 0.4) is 0 Å². The Kier molecular flexibility index (Phi) is 5.96. The number of hydrogen-bond donors (Lipinski definition) is 1. The largest absolute Gasteiger partial charge is 0.381 e. The molecular weight excluding hydrogens is 392 g/mol. The molecule has 0 aliphatic carbocycles. The first-order valence-corrected chi connectivity index (χ1v) is 10.8. The van der Waals surface area contributed by atoms with Gasteiger partial charge in [0, 0.05) is 36.4 Å². The highest BCUT2D eigenvalue weighted by atomic mass is 16.5. The molecule has 164 valence electrons. The molecule has 7 heteroatoms. The normalized spacial score (nSPS) is 15.7. The first-order chi connectivity index (χ1) is 14.9. The number of aryl methyl sites for hydroxylation is 4. The standard InChI is InChI=1S/C24H30N4O3/c1-16-6-5-7-20(12-16)24(8-10-30-11-9-24)15-25-23(29)22-21(19(4)31-27-22)14-28-18(3)13-17(2)26-28/h5-7,12-13H,8-11,14-15H2,1-4H3,(H,25,29). The van der Waals surface area contributed by atoms with Crippen LogP contribution >= 0.6 is 0 Å². The number of carbonyl (C=O) groups excluding carboxylic acids is 1. The van der Waals surface area contributed by atoms with Gasteiger partial charge < -0.3 is 14.6 Å². The minimum atomic E-state index is -0.216. The predicted octanol–water partition coefficient (Wildman–Crippen LogP) is 3.63. The number of hydrogen-bond acceptors (Lipinski definition) is 5. The average molecular weight is 423 g/mol. The highest BCUT2D eigenvalue weighted by molar-refractivity contribution is 5.93. The summed E-state index contributed by atoms with van der Waals surface area (Å²) in [5.74, 6) is 0.420. The lowest BCUT2D eigenvalue weighted by molar-refractivity contribution is 0.0486. The molecule has 7 nitrogen and oxygen atoms in total. The quantitative estimate of drug-likeness (QED) is 0.656. The van der Waals surface area contributed by atoms with Crippen molar-refractivity contribution < 1.29 is 14.1 Å². The number of nitrogens with zero attached hydrogens (tertiary/aromatic N) is 3. The fourth-order valence-corrected chi connectivity index (χ4v) is 4.38. The smallest absolute Gasteiger partial charge is 0.273 e. The van der Waals surface area contributed by atoms with E-state index < -0.39 is 0 Å². The van der Waals surface area contributed by atoms with Crippen LogP contribution in [-0.4, -0.2) is 40.6 Å². The van der Waals surface area contributed by atoms with E-state index >= 15 is 0 Å². The van der Waals surface area contributed by atoms with Crippen molar-refractivity contribution in [1.82, 2.24) is 20.3 Å². The van der Waals surface area contributed by atoms with Gasteiger partial charge in [0.25, 0.3) is 5.91 Å². The zero-order chi connectivity index (χ0) is 22.0. The fraction of sp³-hybridized carbons (Fsp3) is 0.458. The summed E-state index contributed by atoms with van der Waals surface area (Å²) in [5, 5.41) is 11.7. The summed E-state index contributed by atoms with van der Waals surface area (Å²) in [4.78, 5) is 13.1. The Morgan fingerprint density at radius 2 is 1.94 bits per heavy atom. The van der Waals surface area contributed by atoms with E-state index in [1.807, 2.05) is 31.5 Å². The molecule has 2 aromatic heterocycles. The summed E-state index contributed by atoms with van der Waals surface area (Å²) >= 11 is 0. The van der Waals surface area contributed by atoms with Crippen LogP contribution in [-0.2, 0) is 16.7 Å². The van der Waals surface area contributed by atoms with Gasteiger partial charge >= 0.3 is 0 Å². The van der Waals surface area contributed by atoms with Crippen molar-refractivity contribution in [3.63, 3.8) is 0 Å². The molecule has 1 aromatic carbocycles. The third-order valence-corrected chi connectivity index (χ3v) is 6.28. The maximum absolute atomic E-state index is 13.1. The minimum Gasteiger partial charge on any atom is -0.381 e. The maximum atomic E-state index is 13.1. The topological polar surface area (TPSA) is 82.2 Å². The molecule has 0 saturated carbocycles. The zero-order valence-corrected chi connectivity index (χ0v) is 18.7. The summed E-state index contributed by atoms with van der Waals surface area (Å²) in [5.41, 5.74) is 5.39. The van der Waals surface area contributed by atoms with Gasteiger partial charge in [-0.15, -0.1) is 0 Å². The second-order valence-corrected chi connectivity index (χ2v) is 8.60. The van der Waals surface area contributed by atoms with Crippen LogP contribution in [0.4, 0.5) is 0 Å². The Bertz CT molecular complexity index is 1080. The molecule has 0 spiro atoms. The number of benzene rings is 1. The number of amides is 1. The molecule has 0 unspecified atom stereocenters. The van der Waals surface area contributed by atoms with Crippen LogP contribution in [0.25, 0.3) is 0 Å². The zero-order valence-electron chi connectivity index (χ0n) is 18.7. The van der Waals surface area contributed by atoms with Gasteiger partial charge in [0.2, 0.25) is 0 Å². The minimum absolute atomic E-state index is 0.144. The molecule has 0 radical (unpaired) electrons. The van der Waals surface area contributed by atoms with Crippen LogP contribution in [0, 0.1) is 27.7 Å². The van der Waals surface area contributed by atoms with Crippen molar-refractivity contribution in [3.05, 3.63) is 69.9 Å². The average Bonchev–Trinajstić information content (AvgIpc) is 3.28. The molecule has 1 aliphatic rings. The Morgan fingerprint density at radius 3 is 2.61 bits per heavy atom. The van der Waals surface area contributed by atoms with Crippen molar-refractivity contribution in [3.8, 4) is 0 Å². The van der Waals surface area contributed by atoms with Crippen LogP contribution in [0.5, 0.6) is 0 Å². The Hall–Kier alpha value is -2.93. The summed E-state index contributed by atoms with van der Waals surface area (Å²) in [6.07, 6.45) is 1.74. The molecular formula is C24H30N4O3. The Morgan fingerprint density at radius 1 is 1.16 bits per heavy atom. The summed E-state index contributed by atoms with van der Waals surface area (Å²) in [6.45, 7) is 10.2. The van der Waals surface area contributed by atoms with Gasteiger partial charge in [0.1, 0.15) is 5.76 Å². The van der Waals surface area contributed by atoms with E-state index in [1.165, 1.54) is 11.1 Å². The number of aromatic nitrogens is 3. The molecule has 1 N–H and O–H groups in total. The highest BCUT2D eigenvalue weighted by Gasteiger charge is 2.35.